The van der Waals surface area contributed by atoms with Crippen molar-refractivity contribution in [3.63, 3.8) is 0 Å². The Morgan fingerprint density at radius 1 is 1.09 bits per heavy atom. The van der Waals surface area contributed by atoms with Crippen molar-refractivity contribution in [2.45, 2.75) is 46.0 Å². The average Bonchev–Trinajstić information content (AvgIpc) is 3.46. The van der Waals surface area contributed by atoms with E-state index in [1.807, 2.05) is 31.2 Å². The maximum Gasteiger partial charge on any atom is 0.341 e. The Kier molecular flexibility index (Phi) is 6.12. The third-order valence-corrected chi connectivity index (χ3v) is 8.10. The minimum Gasteiger partial charge on any atom is -0.481 e. The molecule has 0 aliphatic heterocycles. The molecule has 1 aromatic heterocycles. The van der Waals surface area contributed by atoms with Crippen LogP contribution in [0, 0.1) is 30.6 Å². The minimum atomic E-state index is -0.904. The van der Waals surface area contributed by atoms with Gasteiger partial charge in [0.15, 0.2) is 0 Å². The van der Waals surface area contributed by atoms with Crippen molar-refractivity contribution < 1.29 is 24.2 Å². The monoisotopic (exact) mass is 455 g/mol. The number of aryl methyl sites for hydroxylation is 1. The minimum absolute atomic E-state index is 0.0634. The van der Waals surface area contributed by atoms with Gasteiger partial charge in [-0.05, 0) is 55.1 Å². The first-order valence-corrected chi connectivity index (χ1v) is 11.9. The molecule has 0 radical (unpaired) electrons. The standard InChI is InChI=1S/C25H29NO5S/c1-12(2)14-5-7-15(8-6-14)18-13(3)32-23(21(18)25(30)31-4)26-22(27)19-16-9-10-17(11-16)20(19)24(28)29/h5-8,12,16-17,19-20H,9-11H2,1-4H3,(H,26,27)(H,28,29)/t16-,17+,19-,20+/m1/s1. The summed E-state index contributed by atoms with van der Waals surface area (Å²) in [4.78, 5) is 38.7. The fourth-order valence-corrected chi connectivity index (χ4v) is 6.60. The molecule has 2 bridgehead atoms. The first-order valence-electron chi connectivity index (χ1n) is 11.1. The molecule has 0 unspecified atom stereocenters. The second-order valence-corrected chi connectivity index (χ2v) is 10.4. The number of amides is 1. The highest BCUT2D eigenvalue weighted by atomic mass is 32.1. The van der Waals surface area contributed by atoms with Crippen molar-refractivity contribution >= 4 is 34.2 Å². The Morgan fingerprint density at radius 3 is 2.28 bits per heavy atom. The number of hydrogen-bond acceptors (Lipinski definition) is 5. The summed E-state index contributed by atoms with van der Waals surface area (Å²) >= 11 is 1.33. The summed E-state index contributed by atoms with van der Waals surface area (Å²) in [6, 6.07) is 8.06. The SMILES string of the molecule is COC(=O)c1c(NC(=O)[C@@H]2[C@@H]3CC[C@@H](C3)[C@@H]2C(=O)O)sc(C)c1-c1ccc(C(C)C)cc1. The van der Waals surface area contributed by atoms with Crippen molar-refractivity contribution in [3.05, 3.63) is 40.3 Å². The van der Waals surface area contributed by atoms with Crippen LogP contribution in [0.1, 0.15) is 59.8 Å². The van der Waals surface area contributed by atoms with E-state index in [2.05, 4.69) is 19.2 Å². The van der Waals surface area contributed by atoms with Gasteiger partial charge >= 0.3 is 11.9 Å². The number of anilines is 1. The van der Waals surface area contributed by atoms with Crippen molar-refractivity contribution in [2.24, 2.45) is 23.7 Å². The fraction of sp³-hybridized carbons (Fsp3) is 0.480. The number of esters is 1. The molecule has 1 heterocycles. The molecule has 2 fully saturated rings. The zero-order valence-electron chi connectivity index (χ0n) is 18.8. The summed E-state index contributed by atoms with van der Waals surface area (Å²) in [7, 11) is 1.32. The lowest BCUT2D eigenvalue weighted by Gasteiger charge is -2.26. The van der Waals surface area contributed by atoms with Crippen LogP contribution in [0.5, 0.6) is 0 Å². The lowest BCUT2D eigenvalue weighted by Crippen LogP contribution is -2.37. The van der Waals surface area contributed by atoms with Crippen LogP contribution in [0.4, 0.5) is 5.00 Å². The first kappa shape index (κ1) is 22.5. The Hall–Kier alpha value is -2.67. The smallest absolute Gasteiger partial charge is 0.341 e. The second kappa shape index (κ2) is 8.70. The van der Waals surface area contributed by atoms with Crippen LogP contribution in [0.15, 0.2) is 24.3 Å². The number of carboxylic acids is 1. The maximum atomic E-state index is 13.2. The molecule has 1 amide bonds. The van der Waals surface area contributed by atoms with Crippen LogP contribution >= 0.6 is 11.3 Å². The van der Waals surface area contributed by atoms with Gasteiger partial charge in [-0.1, -0.05) is 38.1 Å². The molecular formula is C25H29NO5S. The van der Waals surface area contributed by atoms with E-state index in [0.717, 1.165) is 35.3 Å². The summed E-state index contributed by atoms with van der Waals surface area (Å²) in [5.74, 6) is -2.40. The van der Waals surface area contributed by atoms with E-state index in [0.29, 0.717) is 16.5 Å². The molecule has 4 atom stereocenters. The highest BCUT2D eigenvalue weighted by Crippen LogP contribution is 2.53. The van der Waals surface area contributed by atoms with Gasteiger partial charge in [-0.15, -0.1) is 11.3 Å². The van der Waals surface area contributed by atoms with Crippen LogP contribution in [0.3, 0.4) is 0 Å². The number of carbonyl (C=O) groups excluding carboxylic acids is 2. The van der Waals surface area contributed by atoms with E-state index in [1.54, 1.807) is 0 Å². The number of rotatable bonds is 6. The predicted octanol–water partition coefficient (Wildman–Crippen LogP) is 5.32. The topological polar surface area (TPSA) is 92.7 Å². The summed E-state index contributed by atoms with van der Waals surface area (Å²) in [5.41, 5.74) is 3.16. The van der Waals surface area contributed by atoms with Gasteiger partial charge in [-0.2, -0.15) is 0 Å². The molecule has 0 spiro atoms. The number of aliphatic carboxylic acids is 1. The number of carboxylic acid groups (broad SMARTS) is 1. The molecule has 32 heavy (non-hydrogen) atoms. The lowest BCUT2D eigenvalue weighted by molar-refractivity contribution is -0.148. The number of ether oxygens (including phenoxy) is 1. The van der Waals surface area contributed by atoms with Gasteiger partial charge in [0.1, 0.15) is 10.6 Å². The molecule has 6 nitrogen and oxygen atoms in total. The number of thiophene rings is 1. The lowest BCUT2D eigenvalue weighted by atomic mass is 9.78. The summed E-state index contributed by atoms with van der Waals surface area (Å²) < 4.78 is 5.05. The molecule has 2 saturated carbocycles. The third-order valence-electron chi connectivity index (χ3n) is 7.08. The Bertz CT molecular complexity index is 1060. The zero-order valence-corrected chi connectivity index (χ0v) is 19.6. The highest BCUT2D eigenvalue weighted by molar-refractivity contribution is 7.17. The molecule has 2 aliphatic rings. The van der Waals surface area contributed by atoms with E-state index in [9.17, 15) is 19.5 Å². The number of benzene rings is 1. The molecule has 7 heteroatoms. The van der Waals surface area contributed by atoms with Crippen molar-refractivity contribution in [1.29, 1.82) is 0 Å². The normalized spacial score (nSPS) is 24.0. The first-order chi connectivity index (χ1) is 15.2. The van der Waals surface area contributed by atoms with E-state index >= 15 is 0 Å². The van der Waals surface area contributed by atoms with Gasteiger partial charge in [0.25, 0.3) is 0 Å². The number of hydrogen-bond donors (Lipinski definition) is 2. The van der Waals surface area contributed by atoms with E-state index in [4.69, 9.17) is 4.74 Å². The van der Waals surface area contributed by atoms with E-state index < -0.39 is 23.8 Å². The summed E-state index contributed by atoms with van der Waals surface area (Å²) in [5, 5.41) is 13.0. The van der Waals surface area contributed by atoms with Crippen LogP contribution in [0.2, 0.25) is 0 Å². The molecule has 4 rings (SSSR count). The van der Waals surface area contributed by atoms with Crippen molar-refractivity contribution in [1.82, 2.24) is 0 Å². The molecular weight excluding hydrogens is 426 g/mol. The average molecular weight is 456 g/mol. The zero-order chi connectivity index (χ0) is 23.2. The van der Waals surface area contributed by atoms with Crippen LogP contribution < -0.4 is 5.32 Å². The molecule has 0 saturated heterocycles. The highest BCUT2D eigenvalue weighted by Gasteiger charge is 2.54. The number of carbonyl (C=O) groups is 3. The Labute approximate surface area is 192 Å². The third kappa shape index (κ3) is 3.83. The summed E-state index contributed by atoms with van der Waals surface area (Å²) in [6.45, 7) is 6.16. The second-order valence-electron chi connectivity index (χ2n) is 9.22. The number of nitrogens with one attached hydrogen (secondary N) is 1. The maximum absolute atomic E-state index is 13.2. The molecule has 2 N–H and O–H groups in total. The fourth-order valence-electron chi connectivity index (χ4n) is 5.53. The molecule has 2 aliphatic carbocycles. The van der Waals surface area contributed by atoms with Crippen LogP contribution in [-0.2, 0) is 14.3 Å². The number of fused-ring (bicyclic) bond motifs is 2. The molecule has 170 valence electrons. The number of methoxy groups -OCH3 is 1. The largest absolute Gasteiger partial charge is 0.481 e. The van der Waals surface area contributed by atoms with Crippen molar-refractivity contribution in [3.8, 4) is 11.1 Å². The van der Waals surface area contributed by atoms with Gasteiger partial charge in [0.2, 0.25) is 5.91 Å². The van der Waals surface area contributed by atoms with Gasteiger partial charge in [-0.3, -0.25) is 9.59 Å². The van der Waals surface area contributed by atoms with E-state index in [1.165, 1.54) is 24.0 Å². The summed E-state index contributed by atoms with van der Waals surface area (Å²) in [6.07, 6.45) is 2.54. The van der Waals surface area contributed by atoms with Crippen LogP contribution in [0.25, 0.3) is 11.1 Å². The Balaban J connectivity index is 1.69. The van der Waals surface area contributed by atoms with Gasteiger partial charge < -0.3 is 15.2 Å². The van der Waals surface area contributed by atoms with Crippen LogP contribution in [-0.4, -0.2) is 30.1 Å². The molecule has 1 aromatic carbocycles. The quantitative estimate of drug-likeness (QED) is 0.575. The van der Waals surface area contributed by atoms with Gasteiger partial charge in [0.05, 0.1) is 18.9 Å². The van der Waals surface area contributed by atoms with Gasteiger partial charge in [0, 0.05) is 10.4 Å². The van der Waals surface area contributed by atoms with E-state index in [-0.39, 0.29) is 17.7 Å². The van der Waals surface area contributed by atoms with Gasteiger partial charge in [-0.25, -0.2) is 4.79 Å². The predicted molar refractivity (Wildman–Crippen MR) is 124 cm³/mol. The Morgan fingerprint density at radius 2 is 1.72 bits per heavy atom. The van der Waals surface area contributed by atoms with Crippen molar-refractivity contribution in [2.75, 3.05) is 12.4 Å². The molecule has 2 aromatic rings.